The van der Waals surface area contributed by atoms with Gasteiger partial charge in [-0.25, -0.2) is 4.79 Å². The molecule has 1 atom stereocenters. The van der Waals surface area contributed by atoms with Gasteiger partial charge in [-0.1, -0.05) is 42.5 Å². The summed E-state index contributed by atoms with van der Waals surface area (Å²) in [6, 6.07) is 19.4. The molecule has 5 rings (SSSR count). The minimum Gasteiger partial charge on any atom is -0.480 e. The Morgan fingerprint density at radius 2 is 1.40 bits per heavy atom. The Hall–Kier alpha value is -4.20. The van der Waals surface area contributed by atoms with Crippen molar-refractivity contribution in [3.63, 3.8) is 0 Å². The molecule has 3 aromatic carbocycles. The van der Waals surface area contributed by atoms with Crippen molar-refractivity contribution in [3.8, 4) is 0 Å². The van der Waals surface area contributed by atoms with E-state index in [2.05, 4.69) is 35.2 Å². The minimum atomic E-state index is -1.38. The maximum Gasteiger partial charge on any atom is 0.326 e. The molecule has 2 heterocycles. The maximum atomic E-state index is 12.9. The van der Waals surface area contributed by atoms with Crippen LogP contribution in [0.15, 0.2) is 66.7 Å². The van der Waals surface area contributed by atoms with Crippen molar-refractivity contribution < 1.29 is 24.3 Å². The van der Waals surface area contributed by atoms with Crippen LogP contribution in [0.25, 0.3) is 10.8 Å². The van der Waals surface area contributed by atoms with E-state index >= 15 is 0 Å². The second kappa shape index (κ2) is 9.21. The number of benzene rings is 3. The van der Waals surface area contributed by atoms with Gasteiger partial charge in [-0.15, -0.1) is 0 Å². The number of aliphatic carboxylic acids is 1. The zero-order valence-corrected chi connectivity index (χ0v) is 19.1. The molecule has 0 aliphatic carbocycles. The number of carboxylic acid groups (broad SMARTS) is 1. The van der Waals surface area contributed by atoms with Crippen LogP contribution in [-0.4, -0.2) is 70.8 Å². The van der Waals surface area contributed by atoms with Gasteiger partial charge in [0, 0.05) is 38.3 Å². The van der Waals surface area contributed by atoms with Crippen molar-refractivity contribution in [2.45, 2.75) is 18.9 Å². The van der Waals surface area contributed by atoms with Gasteiger partial charge in [-0.05, 0) is 41.5 Å². The quantitative estimate of drug-likeness (QED) is 0.555. The van der Waals surface area contributed by atoms with Gasteiger partial charge in [0.2, 0.25) is 5.91 Å². The van der Waals surface area contributed by atoms with Crippen LogP contribution in [0.1, 0.15) is 33.6 Å². The number of carbonyl (C=O) groups is 4. The number of piperazine rings is 1. The van der Waals surface area contributed by atoms with Gasteiger partial charge in [0.1, 0.15) is 6.04 Å². The summed E-state index contributed by atoms with van der Waals surface area (Å²) in [5.74, 6) is -2.73. The Labute approximate surface area is 202 Å². The lowest BCUT2D eigenvalue weighted by Crippen LogP contribution is -2.49. The summed E-state index contributed by atoms with van der Waals surface area (Å²) in [6.45, 7) is 2.39. The van der Waals surface area contributed by atoms with Gasteiger partial charge in [-0.3, -0.25) is 19.3 Å². The standard InChI is InChI=1S/C27H25N3O5/c31-24(12-11-23(27(34)35)30-25(32)21-7-3-4-8-22(21)26(30)33)29-15-13-28(14-16-29)20-10-9-18-5-1-2-6-19(18)17-20/h1-10,17,23H,11-16H2,(H,34,35)/t23-/m0/s1. The Morgan fingerprint density at radius 3 is 2.03 bits per heavy atom. The molecule has 0 radical (unpaired) electrons. The van der Waals surface area contributed by atoms with Crippen LogP contribution >= 0.6 is 0 Å². The number of imide groups is 1. The highest BCUT2D eigenvalue weighted by atomic mass is 16.4. The van der Waals surface area contributed by atoms with E-state index in [1.54, 1.807) is 17.0 Å². The Balaban J connectivity index is 1.19. The first-order chi connectivity index (χ1) is 16.9. The number of carbonyl (C=O) groups excluding carboxylic acids is 3. The molecule has 0 bridgehead atoms. The van der Waals surface area contributed by atoms with Crippen LogP contribution in [-0.2, 0) is 9.59 Å². The topological polar surface area (TPSA) is 98.2 Å². The highest BCUT2D eigenvalue weighted by molar-refractivity contribution is 6.22. The van der Waals surface area contributed by atoms with Gasteiger partial charge in [0.15, 0.2) is 0 Å². The summed E-state index contributed by atoms with van der Waals surface area (Å²) in [5, 5.41) is 12.1. The number of fused-ring (bicyclic) bond motifs is 2. The number of hydrogen-bond donors (Lipinski definition) is 1. The van der Waals surface area contributed by atoms with Crippen molar-refractivity contribution in [1.82, 2.24) is 9.80 Å². The van der Waals surface area contributed by atoms with Crippen LogP contribution in [0, 0.1) is 0 Å². The molecule has 0 unspecified atom stereocenters. The van der Waals surface area contributed by atoms with Crippen LogP contribution in [0.3, 0.4) is 0 Å². The van der Waals surface area contributed by atoms with Crippen LogP contribution in [0.4, 0.5) is 5.69 Å². The van der Waals surface area contributed by atoms with Crippen molar-refractivity contribution in [2.75, 3.05) is 31.1 Å². The second-order valence-corrected chi connectivity index (χ2v) is 8.82. The molecule has 1 N–H and O–H groups in total. The van der Waals surface area contributed by atoms with Gasteiger partial charge < -0.3 is 14.9 Å². The first-order valence-electron chi connectivity index (χ1n) is 11.7. The largest absolute Gasteiger partial charge is 0.480 e. The molecule has 0 aromatic heterocycles. The number of carboxylic acids is 1. The van der Waals surface area contributed by atoms with E-state index in [0.29, 0.717) is 26.2 Å². The lowest BCUT2D eigenvalue weighted by Gasteiger charge is -2.36. The minimum absolute atomic E-state index is 0.0552. The zero-order chi connectivity index (χ0) is 24.5. The second-order valence-electron chi connectivity index (χ2n) is 8.82. The van der Waals surface area contributed by atoms with E-state index in [1.165, 1.54) is 17.5 Å². The van der Waals surface area contributed by atoms with Crippen molar-refractivity contribution in [1.29, 1.82) is 0 Å². The van der Waals surface area contributed by atoms with Crippen LogP contribution in [0.5, 0.6) is 0 Å². The first-order valence-corrected chi connectivity index (χ1v) is 11.7. The fourth-order valence-electron chi connectivity index (χ4n) is 4.86. The van der Waals surface area contributed by atoms with E-state index in [4.69, 9.17) is 0 Å². The number of hydrogen-bond acceptors (Lipinski definition) is 5. The third kappa shape index (κ3) is 4.23. The molecule has 35 heavy (non-hydrogen) atoms. The third-order valence-electron chi connectivity index (χ3n) is 6.78. The zero-order valence-electron chi connectivity index (χ0n) is 19.1. The van der Waals surface area contributed by atoms with E-state index in [1.807, 2.05) is 12.1 Å². The van der Waals surface area contributed by atoms with E-state index in [-0.39, 0.29) is 29.9 Å². The van der Waals surface area contributed by atoms with Crippen LogP contribution in [0.2, 0.25) is 0 Å². The van der Waals surface area contributed by atoms with Crippen molar-refractivity contribution >= 4 is 40.2 Å². The molecular weight excluding hydrogens is 446 g/mol. The number of nitrogens with zero attached hydrogens (tertiary/aromatic N) is 3. The lowest BCUT2D eigenvalue weighted by atomic mass is 10.1. The van der Waals surface area contributed by atoms with Gasteiger partial charge in [-0.2, -0.15) is 0 Å². The highest BCUT2D eigenvalue weighted by Gasteiger charge is 2.42. The van der Waals surface area contributed by atoms with E-state index in [0.717, 1.165) is 16.0 Å². The summed E-state index contributed by atoms with van der Waals surface area (Å²) in [4.78, 5) is 54.9. The van der Waals surface area contributed by atoms with Crippen molar-refractivity contribution in [2.24, 2.45) is 0 Å². The summed E-state index contributed by atoms with van der Waals surface area (Å²) >= 11 is 0. The summed E-state index contributed by atoms with van der Waals surface area (Å²) in [6.07, 6.45) is -0.176. The summed E-state index contributed by atoms with van der Waals surface area (Å²) < 4.78 is 0. The number of amides is 3. The Morgan fingerprint density at radius 1 is 0.800 bits per heavy atom. The van der Waals surface area contributed by atoms with Gasteiger partial charge in [0.05, 0.1) is 11.1 Å². The summed E-state index contributed by atoms with van der Waals surface area (Å²) in [5.41, 5.74) is 1.49. The smallest absolute Gasteiger partial charge is 0.326 e. The molecule has 2 aliphatic rings. The highest BCUT2D eigenvalue weighted by Crippen LogP contribution is 2.27. The third-order valence-corrected chi connectivity index (χ3v) is 6.78. The monoisotopic (exact) mass is 471 g/mol. The Bertz CT molecular complexity index is 1290. The number of rotatable bonds is 6. The molecule has 1 fully saturated rings. The maximum absolute atomic E-state index is 12.9. The van der Waals surface area contributed by atoms with Crippen molar-refractivity contribution in [3.05, 3.63) is 77.9 Å². The van der Waals surface area contributed by atoms with Gasteiger partial charge >= 0.3 is 5.97 Å². The van der Waals surface area contributed by atoms with Gasteiger partial charge in [0.25, 0.3) is 11.8 Å². The normalized spacial score (nSPS) is 16.5. The Kier molecular flexibility index (Phi) is 5.94. The van der Waals surface area contributed by atoms with E-state index < -0.39 is 23.8 Å². The lowest BCUT2D eigenvalue weighted by molar-refractivity contribution is -0.142. The fraction of sp³-hybridized carbons (Fsp3) is 0.259. The molecular formula is C27H25N3O5. The molecule has 1 saturated heterocycles. The molecule has 0 spiro atoms. The molecule has 8 nitrogen and oxygen atoms in total. The summed E-state index contributed by atoms with van der Waals surface area (Å²) in [7, 11) is 0. The first kappa shape index (κ1) is 22.6. The fourth-order valence-corrected chi connectivity index (χ4v) is 4.86. The molecule has 3 amide bonds. The molecule has 2 aliphatic heterocycles. The van der Waals surface area contributed by atoms with Crippen LogP contribution < -0.4 is 4.90 Å². The predicted octanol–water partition coefficient (Wildman–Crippen LogP) is 3.02. The predicted molar refractivity (Wildman–Crippen MR) is 130 cm³/mol. The molecule has 8 heteroatoms. The van der Waals surface area contributed by atoms with E-state index in [9.17, 15) is 24.3 Å². The SMILES string of the molecule is O=C(O)[C@H](CCC(=O)N1CCN(c2ccc3ccccc3c2)CC1)N1C(=O)c2ccccc2C1=O. The molecule has 3 aromatic rings. The molecule has 178 valence electrons. The number of anilines is 1. The molecule has 0 saturated carbocycles. The average Bonchev–Trinajstić information content (AvgIpc) is 3.14. The average molecular weight is 472 g/mol.